The van der Waals surface area contributed by atoms with Crippen LogP contribution in [0.4, 0.5) is 0 Å². The zero-order chi connectivity index (χ0) is 21.0. The largest absolute Gasteiger partial charge is 0.493 e. The molecule has 1 aromatic carbocycles. The average molecular weight is 397 g/mol. The van der Waals surface area contributed by atoms with E-state index in [2.05, 4.69) is 27.4 Å². The first-order chi connectivity index (χ1) is 13.5. The van der Waals surface area contributed by atoms with E-state index >= 15 is 0 Å². The molecule has 0 amide bonds. The van der Waals surface area contributed by atoms with Crippen molar-refractivity contribution in [3.8, 4) is 11.5 Å². The number of fused-ring (bicyclic) bond motifs is 2. The molecule has 1 heterocycles. The zero-order valence-corrected chi connectivity index (χ0v) is 18.0. The second kappa shape index (κ2) is 6.73. The van der Waals surface area contributed by atoms with E-state index in [1.165, 1.54) is 0 Å². The number of Topliss-reactive ketones (excluding diaryl/α,β-unsaturated/α-hetero) is 1. The van der Waals surface area contributed by atoms with Crippen LogP contribution < -0.4 is 9.47 Å². The Hall–Kier alpha value is -2.07. The Bertz CT molecular complexity index is 879. The second-order valence-electron chi connectivity index (χ2n) is 10.1. The first-order valence-electron chi connectivity index (χ1n) is 10.6. The molecule has 0 bridgehead atoms. The van der Waals surface area contributed by atoms with Gasteiger partial charge in [0.25, 0.3) is 0 Å². The van der Waals surface area contributed by atoms with Gasteiger partial charge in [-0.2, -0.15) is 0 Å². The third kappa shape index (κ3) is 3.31. The average Bonchev–Trinajstić information content (AvgIpc) is 2.64. The monoisotopic (exact) mass is 396 g/mol. The summed E-state index contributed by atoms with van der Waals surface area (Å²) in [5.74, 6) is 2.62. The van der Waals surface area contributed by atoms with Gasteiger partial charge in [0, 0.05) is 29.4 Å². The Labute approximate surface area is 173 Å². The van der Waals surface area contributed by atoms with Crippen LogP contribution in [0, 0.1) is 22.7 Å². The van der Waals surface area contributed by atoms with Gasteiger partial charge in [0.1, 0.15) is 23.0 Å². The lowest BCUT2D eigenvalue weighted by Gasteiger charge is -2.60. The molecule has 0 saturated heterocycles. The molecule has 4 rings (SSSR count). The molecule has 2 fully saturated rings. The van der Waals surface area contributed by atoms with Crippen molar-refractivity contribution in [2.24, 2.45) is 22.7 Å². The maximum absolute atomic E-state index is 12.6. The smallest absolute Gasteiger partial charge is 0.138 e. The van der Waals surface area contributed by atoms with Gasteiger partial charge in [-0.05, 0) is 61.8 Å². The molecule has 29 heavy (non-hydrogen) atoms. The number of hydrogen-bond donors (Lipinski definition) is 1. The SMILES string of the molecule is C=C1C=Cc2ccc(OC[C@H]3[C@]4(C)CCC(=O)C(C)(C)[C@H]4CC[C@@]3(C)O)cc2O1. The Morgan fingerprint density at radius 3 is 2.72 bits per heavy atom. The van der Waals surface area contributed by atoms with Gasteiger partial charge in [-0.15, -0.1) is 0 Å². The van der Waals surface area contributed by atoms with E-state index < -0.39 is 5.60 Å². The van der Waals surface area contributed by atoms with Crippen LogP contribution in [0.2, 0.25) is 0 Å². The normalized spacial score (nSPS) is 35.5. The number of ether oxygens (including phenoxy) is 2. The summed E-state index contributed by atoms with van der Waals surface area (Å²) < 4.78 is 11.9. The number of allylic oxidation sites excluding steroid dienone is 1. The summed E-state index contributed by atoms with van der Waals surface area (Å²) in [6.45, 7) is 12.6. The summed E-state index contributed by atoms with van der Waals surface area (Å²) in [6.07, 6.45) is 6.77. The molecule has 0 unspecified atom stereocenters. The number of benzene rings is 1. The topological polar surface area (TPSA) is 55.8 Å². The maximum atomic E-state index is 12.6. The first kappa shape index (κ1) is 20.2. The predicted octanol–water partition coefficient (Wildman–Crippen LogP) is 5.16. The van der Waals surface area contributed by atoms with Crippen molar-refractivity contribution < 1.29 is 19.4 Å². The standard InChI is InChI=1S/C25H32O4/c1-16-6-7-17-8-9-18(14-19(17)29-16)28-15-21-24(4)12-11-22(26)23(2,3)20(24)10-13-25(21,5)27/h6-9,14,20-21,27H,1,10-13,15H2,2-5H3/t20-,21+,24-,25-/m1/s1. The Morgan fingerprint density at radius 2 is 1.97 bits per heavy atom. The third-order valence-corrected chi connectivity index (χ3v) is 7.85. The number of hydrogen-bond acceptors (Lipinski definition) is 4. The van der Waals surface area contributed by atoms with Crippen molar-refractivity contribution in [3.63, 3.8) is 0 Å². The molecule has 2 aliphatic carbocycles. The second-order valence-corrected chi connectivity index (χ2v) is 10.1. The van der Waals surface area contributed by atoms with Crippen LogP contribution in [-0.4, -0.2) is 23.1 Å². The molecule has 4 atom stereocenters. The highest BCUT2D eigenvalue weighted by Crippen LogP contribution is 2.61. The molecule has 4 heteroatoms. The van der Waals surface area contributed by atoms with E-state index in [4.69, 9.17) is 9.47 Å². The molecule has 4 nitrogen and oxygen atoms in total. The van der Waals surface area contributed by atoms with Gasteiger partial charge in [0.2, 0.25) is 0 Å². The van der Waals surface area contributed by atoms with Gasteiger partial charge < -0.3 is 14.6 Å². The molecule has 0 spiro atoms. The van der Waals surface area contributed by atoms with Crippen molar-refractivity contribution in [2.45, 2.75) is 59.0 Å². The van der Waals surface area contributed by atoms with Crippen LogP contribution in [-0.2, 0) is 4.79 Å². The van der Waals surface area contributed by atoms with Crippen molar-refractivity contribution in [1.82, 2.24) is 0 Å². The third-order valence-electron chi connectivity index (χ3n) is 7.85. The lowest BCUT2D eigenvalue weighted by Crippen LogP contribution is -2.61. The fraction of sp³-hybridized carbons (Fsp3) is 0.560. The van der Waals surface area contributed by atoms with Crippen molar-refractivity contribution in [1.29, 1.82) is 0 Å². The Kier molecular flexibility index (Phi) is 4.69. The summed E-state index contributed by atoms with van der Waals surface area (Å²) in [4.78, 5) is 12.6. The van der Waals surface area contributed by atoms with Gasteiger partial charge in [-0.3, -0.25) is 4.79 Å². The van der Waals surface area contributed by atoms with Gasteiger partial charge in [-0.25, -0.2) is 0 Å². The number of ketones is 1. The van der Waals surface area contributed by atoms with Crippen molar-refractivity contribution in [2.75, 3.05) is 6.61 Å². The lowest BCUT2D eigenvalue weighted by molar-refractivity contribution is -0.182. The number of carbonyl (C=O) groups is 1. The van der Waals surface area contributed by atoms with E-state index in [1.54, 1.807) is 0 Å². The molecular formula is C25H32O4. The van der Waals surface area contributed by atoms with Crippen molar-refractivity contribution in [3.05, 3.63) is 42.2 Å². The number of aliphatic hydroxyl groups is 1. The van der Waals surface area contributed by atoms with E-state index in [1.807, 2.05) is 37.3 Å². The highest BCUT2D eigenvalue weighted by atomic mass is 16.5. The highest BCUT2D eigenvalue weighted by Gasteiger charge is 2.60. The van der Waals surface area contributed by atoms with Gasteiger partial charge in [0.05, 0.1) is 12.2 Å². The van der Waals surface area contributed by atoms with E-state index in [-0.39, 0.29) is 22.7 Å². The lowest BCUT2D eigenvalue weighted by atomic mass is 9.45. The molecule has 156 valence electrons. The quantitative estimate of drug-likeness (QED) is 0.767. The van der Waals surface area contributed by atoms with Crippen LogP contribution in [0.1, 0.15) is 58.9 Å². The zero-order valence-electron chi connectivity index (χ0n) is 18.0. The fourth-order valence-corrected chi connectivity index (χ4v) is 6.06. The predicted molar refractivity (Wildman–Crippen MR) is 114 cm³/mol. The van der Waals surface area contributed by atoms with Crippen LogP contribution in [0.25, 0.3) is 6.08 Å². The minimum atomic E-state index is -0.816. The molecule has 0 aromatic heterocycles. The molecule has 1 N–H and O–H groups in total. The molecule has 1 aromatic rings. The minimum Gasteiger partial charge on any atom is -0.493 e. The fourth-order valence-electron chi connectivity index (χ4n) is 6.06. The van der Waals surface area contributed by atoms with Gasteiger partial charge in [-0.1, -0.05) is 27.4 Å². The van der Waals surface area contributed by atoms with E-state index in [0.29, 0.717) is 31.0 Å². The van der Waals surface area contributed by atoms with Crippen LogP contribution in [0.15, 0.2) is 36.6 Å². The van der Waals surface area contributed by atoms with Gasteiger partial charge >= 0.3 is 0 Å². The number of carbonyl (C=O) groups excluding carboxylic acids is 1. The summed E-state index contributed by atoms with van der Waals surface area (Å²) in [5, 5.41) is 11.3. The maximum Gasteiger partial charge on any atom is 0.138 e. The Morgan fingerprint density at radius 1 is 1.21 bits per heavy atom. The molecular weight excluding hydrogens is 364 g/mol. The van der Waals surface area contributed by atoms with Crippen LogP contribution in [0.5, 0.6) is 11.5 Å². The summed E-state index contributed by atoms with van der Waals surface area (Å²) >= 11 is 0. The minimum absolute atomic E-state index is 0.0482. The summed E-state index contributed by atoms with van der Waals surface area (Å²) in [6, 6.07) is 5.79. The summed E-state index contributed by atoms with van der Waals surface area (Å²) in [7, 11) is 0. The molecule has 2 saturated carbocycles. The van der Waals surface area contributed by atoms with Crippen molar-refractivity contribution >= 4 is 11.9 Å². The molecule has 1 aliphatic heterocycles. The summed E-state index contributed by atoms with van der Waals surface area (Å²) in [5.41, 5.74) is -0.313. The highest BCUT2D eigenvalue weighted by molar-refractivity contribution is 5.85. The molecule has 0 radical (unpaired) electrons. The Balaban J connectivity index is 1.58. The van der Waals surface area contributed by atoms with Crippen LogP contribution in [0.3, 0.4) is 0 Å². The van der Waals surface area contributed by atoms with Gasteiger partial charge in [0.15, 0.2) is 0 Å². The van der Waals surface area contributed by atoms with E-state index in [0.717, 1.165) is 29.9 Å². The first-order valence-corrected chi connectivity index (χ1v) is 10.6. The number of rotatable bonds is 3. The van der Waals surface area contributed by atoms with Crippen LogP contribution >= 0.6 is 0 Å². The van der Waals surface area contributed by atoms with E-state index in [9.17, 15) is 9.90 Å². The molecule has 3 aliphatic rings.